The van der Waals surface area contributed by atoms with Gasteiger partial charge < -0.3 is 0 Å². The van der Waals surface area contributed by atoms with E-state index in [4.69, 9.17) is 6.42 Å². The lowest BCUT2D eigenvalue weighted by Crippen LogP contribution is -2.28. The molecule has 1 aliphatic rings. The SMILES string of the molecule is C#CCCN(CCC(C)C)C1CC1. The van der Waals surface area contributed by atoms with E-state index < -0.39 is 0 Å². The molecule has 0 aromatic carbocycles. The first kappa shape index (κ1) is 10.6. The molecule has 1 heteroatoms. The Labute approximate surface area is 82.5 Å². The fraction of sp³-hybridized carbons (Fsp3) is 0.833. The molecule has 0 aromatic rings. The monoisotopic (exact) mass is 179 g/mol. The summed E-state index contributed by atoms with van der Waals surface area (Å²) < 4.78 is 0. The number of terminal acetylenes is 1. The van der Waals surface area contributed by atoms with E-state index in [1.54, 1.807) is 0 Å². The summed E-state index contributed by atoms with van der Waals surface area (Å²) in [6.45, 7) is 6.91. The van der Waals surface area contributed by atoms with Crippen LogP contribution in [0.5, 0.6) is 0 Å². The highest BCUT2D eigenvalue weighted by Gasteiger charge is 2.27. The maximum Gasteiger partial charge on any atom is 0.0214 e. The summed E-state index contributed by atoms with van der Waals surface area (Å²) in [6.07, 6.45) is 10.3. The molecule has 74 valence electrons. The summed E-state index contributed by atoms with van der Waals surface area (Å²) in [7, 11) is 0. The van der Waals surface area contributed by atoms with E-state index >= 15 is 0 Å². The molecule has 1 rings (SSSR count). The van der Waals surface area contributed by atoms with E-state index in [-0.39, 0.29) is 0 Å². The van der Waals surface area contributed by atoms with Gasteiger partial charge in [0.25, 0.3) is 0 Å². The van der Waals surface area contributed by atoms with Crippen LogP contribution in [-0.2, 0) is 0 Å². The van der Waals surface area contributed by atoms with E-state index in [0.29, 0.717) is 0 Å². The third kappa shape index (κ3) is 4.33. The van der Waals surface area contributed by atoms with E-state index in [0.717, 1.165) is 24.9 Å². The van der Waals surface area contributed by atoms with Gasteiger partial charge in [-0.15, -0.1) is 12.3 Å². The Kier molecular flexibility index (Phi) is 4.32. The van der Waals surface area contributed by atoms with Crippen molar-refractivity contribution in [3.8, 4) is 12.3 Å². The van der Waals surface area contributed by atoms with Crippen molar-refractivity contribution in [2.45, 2.75) is 45.6 Å². The molecule has 0 heterocycles. The lowest BCUT2D eigenvalue weighted by Gasteiger charge is -2.21. The minimum absolute atomic E-state index is 0.812. The van der Waals surface area contributed by atoms with Crippen molar-refractivity contribution < 1.29 is 0 Å². The molecule has 0 amide bonds. The Morgan fingerprint density at radius 3 is 2.54 bits per heavy atom. The molecule has 13 heavy (non-hydrogen) atoms. The Balaban J connectivity index is 2.18. The van der Waals surface area contributed by atoms with Gasteiger partial charge in [-0.05, 0) is 31.7 Å². The fourth-order valence-corrected chi connectivity index (χ4v) is 1.55. The van der Waals surface area contributed by atoms with Crippen LogP contribution < -0.4 is 0 Å². The molecular formula is C12H21N. The van der Waals surface area contributed by atoms with Gasteiger partial charge in [-0.2, -0.15) is 0 Å². The predicted octanol–water partition coefficient (Wildman–Crippen LogP) is 2.52. The summed E-state index contributed by atoms with van der Waals surface area (Å²) in [5, 5.41) is 0. The van der Waals surface area contributed by atoms with Crippen LogP contribution in [0, 0.1) is 18.3 Å². The minimum atomic E-state index is 0.812. The van der Waals surface area contributed by atoms with Crippen molar-refractivity contribution >= 4 is 0 Å². The first-order valence-corrected chi connectivity index (χ1v) is 5.41. The molecule has 0 aliphatic heterocycles. The van der Waals surface area contributed by atoms with Crippen molar-refractivity contribution in [1.82, 2.24) is 4.90 Å². The predicted molar refractivity (Wildman–Crippen MR) is 57.5 cm³/mol. The molecule has 0 radical (unpaired) electrons. The smallest absolute Gasteiger partial charge is 0.0214 e. The van der Waals surface area contributed by atoms with Crippen LogP contribution in [0.3, 0.4) is 0 Å². The van der Waals surface area contributed by atoms with Crippen molar-refractivity contribution in [3.63, 3.8) is 0 Å². The highest BCUT2D eigenvalue weighted by Crippen LogP contribution is 2.27. The number of rotatable bonds is 6. The Hall–Kier alpha value is -0.480. The third-order valence-electron chi connectivity index (χ3n) is 2.60. The van der Waals surface area contributed by atoms with Gasteiger partial charge in [0, 0.05) is 19.0 Å². The van der Waals surface area contributed by atoms with E-state index in [9.17, 15) is 0 Å². The molecule has 0 aromatic heterocycles. The number of nitrogens with zero attached hydrogens (tertiary/aromatic N) is 1. The second-order valence-corrected chi connectivity index (χ2v) is 4.40. The molecule has 1 fully saturated rings. The van der Waals surface area contributed by atoms with E-state index in [1.165, 1.54) is 25.8 Å². The van der Waals surface area contributed by atoms with Crippen LogP contribution in [-0.4, -0.2) is 24.0 Å². The number of hydrogen-bond acceptors (Lipinski definition) is 1. The average Bonchev–Trinajstić information content (AvgIpc) is 2.87. The highest BCUT2D eigenvalue weighted by molar-refractivity contribution is 4.89. The molecule has 1 saturated carbocycles. The maximum atomic E-state index is 5.28. The van der Waals surface area contributed by atoms with Gasteiger partial charge in [0.1, 0.15) is 0 Å². The van der Waals surface area contributed by atoms with Crippen LogP contribution in [0.15, 0.2) is 0 Å². The van der Waals surface area contributed by atoms with Gasteiger partial charge in [0.15, 0.2) is 0 Å². The molecule has 1 nitrogen and oxygen atoms in total. The lowest BCUT2D eigenvalue weighted by molar-refractivity contribution is 0.253. The Morgan fingerprint density at radius 1 is 1.38 bits per heavy atom. The van der Waals surface area contributed by atoms with Gasteiger partial charge in [-0.3, -0.25) is 4.90 Å². The Bertz CT molecular complexity index is 174. The second-order valence-electron chi connectivity index (χ2n) is 4.40. The first-order chi connectivity index (χ1) is 6.24. The van der Waals surface area contributed by atoms with Gasteiger partial charge in [0.05, 0.1) is 0 Å². The Morgan fingerprint density at radius 2 is 2.08 bits per heavy atom. The lowest BCUT2D eigenvalue weighted by atomic mass is 10.1. The molecule has 0 saturated heterocycles. The van der Waals surface area contributed by atoms with Crippen LogP contribution in [0.2, 0.25) is 0 Å². The van der Waals surface area contributed by atoms with E-state index in [2.05, 4.69) is 24.7 Å². The topological polar surface area (TPSA) is 3.24 Å². The van der Waals surface area contributed by atoms with Crippen molar-refractivity contribution in [1.29, 1.82) is 0 Å². The molecule has 0 unspecified atom stereocenters. The fourth-order valence-electron chi connectivity index (χ4n) is 1.55. The molecule has 1 aliphatic carbocycles. The zero-order chi connectivity index (χ0) is 9.68. The van der Waals surface area contributed by atoms with Gasteiger partial charge >= 0.3 is 0 Å². The van der Waals surface area contributed by atoms with Crippen LogP contribution in [0.4, 0.5) is 0 Å². The van der Waals surface area contributed by atoms with Crippen LogP contribution in [0.25, 0.3) is 0 Å². The average molecular weight is 179 g/mol. The summed E-state index contributed by atoms with van der Waals surface area (Å²) in [5.41, 5.74) is 0. The van der Waals surface area contributed by atoms with Crippen molar-refractivity contribution in [2.24, 2.45) is 5.92 Å². The highest BCUT2D eigenvalue weighted by atomic mass is 15.2. The molecule has 0 atom stereocenters. The van der Waals surface area contributed by atoms with Crippen LogP contribution in [0.1, 0.15) is 39.5 Å². The largest absolute Gasteiger partial charge is 0.299 e. The molecular weight excluding hydrogens is 158 g/mol. The van der Waals surface area contributed by atoms with Crippen LogP contribution >= 0.6 is 0 Å². The maximum absolute atomic E-state index is 5.28. The van der Waals surface area contributed by atoms with Gasteiger partial charge in [-0.1, -0.05) is 13.8 Å². The summed E-state index contributed by atoms with van der Waals surface area (Å²) >= 11 is 0. The normalized spacial score (nSPS) is 16.5. The zero-order valence-corrected chi connectivity index (χ0v) is 8.92. The summed E-state index contributed by atoms with van der Waals surface area (Å²) in [6, 6.07) is 0.868. The van der Waals surface area contributed by atoms with E-state index in [1.807, 2.05) is 0 Å². The molecule has 0 spiro atoms. The number of hydrogen-bond donors (Lipinski definition) is 0. The standard InChI is InChI=1S/C12H21N/c1-4-5-9-13(12-6-7-12)10-8-11(2)3/h1,11-12H,5-10H2,2-3H3. The van der Waals surface area contributed by atoms with Gasteiger partial charge in [-0.25, -0.2) is 0 Å². The molecule has 0 N–H and O–H groups in total. The zero-order valence-electron chi connectivity index (χ0n) is 8.92. The summed E-state index contributed by atoms with van der Waals surface area (Å²) in [5.74, 6) is 3.54. The van der Waals surface area contributed by atoms with Gasteiger partial charge in [0.2, 0.25) is 0 Å². The minimum Gasteiger partial charge on any atom is -0.299 e. The summed E-state index contributed by atoms with van der Waals surface area (Å²) in [4.78, 5) is 2.57. The first-order valence-electron chi connectivity index (χ1n) is 5.41. The van der Waals surface area contributed by atoms with Crippen molar-refractivity contribution in [3.05, 3.63) is 0 Å². The second kappa shape index (κ2) is 5.29. The third-order valence-corrected chi connectivity index (χ3v) is 2.60. The molecule has 0 bridgehead atoms. The van der Waals surface area contributed by atoms with Crippen molar-refractivity contribution in [2.75, 3.05) is 13.1 Å². The quantitative estimate of drug-likeness (QED) is 0.566.